The van der Waals surface area contributed by atoms with Gasteiger partial charge in [-0.15, -0.1) is 10.2 Å². The third-order valence-corrected chi connectivity index (χ3v) is 4.26. The van der Waals surface area contributed by atoms with E-state index in [0.29, 0.717) is 5.69 Å². The standard InChI is InChI=1S/C19H21N7O2/c1-4-25(5-2)14-6-7-15(13(3)10-14)23-24-19-22-16(11-20)17(12-21)26(19)9-8-18(27)28/h6-7,10H,4-5,8-9H2,1-3H3,(H,27,28). The first kappa shape index (κ1) is 20.6. The molecule has 0 amide bonds. The van der Waals surface area contributed by atoms with Crippen molar-refractivity contribution in [2.75, 3.05) is 18.0 Å². The molecule has 0 aliphatic carbocycles. The number of aliphatic carboxylic acids is 1. The van der Waals surface area contributed by atoms with Crippen LogP contribution in [-0.4, -0.2) is 33.7 Å². The number of nitriles is 2. The van der Waals surface area contributed by atoms with Gasteiger partial charge in [0.1, 0.15) is 12.1 Å². The number of anilines is 1. The van der Waals surface area contributed by atoms with Crippen LogP contribution in [0, 0.1) is 29.6 Å². The summed E-state index contributed by atoms with van der Waals surface area (Å²) in [6, 6.07) is 9.51. The molecule has 0 radical (unpaired) electrons. The lowest BCUT2D eigenvalue weighted by Crippen LogP contribution is -2.21. The maximum atomic E-state index is 10.9. The number of imidazole rings is 1. The molecule has 1 heterocycles. The largest absolute Gasteiger partial charge is 0.481 e. The number of hydrogen-bond donors (Lipinski definition) is 1. The van der Waals surface area contributed by atoms with Gasteiger partial charge in [-0.2, -0.15) is 15.5 Å². The summed E-state index contributed by atoms with van der Waals surface area (Å²) in [5, 5.41) is 35.6. The van der Waals surface area contributed by atoms with E-state index in [1.165, 1.54) is 4.57 Å². The van der Waals surface area contributed by atoms with Crippen LogP contribution in [-0.2, 0) is 11.3 Å². The Hall–Kier alpha value is -3.72. The Kier molecular flexibility index (Phi) is 6.83. The number of azo groups is 1. The van der Waals surface area contributed by atoms with Gasteiger partial charge in [0.25, 0.3) is 5.95 Å². The van der Waals surface area contributed by atoms with Gasteiger partial charge in [0.2, 0.25) is 0 Å². The quantitative estimate of drug-likeness (QED) is 0.696. The van der Waals surface area contributed by atoms with Gasteiger partial charge in [0.05, 0.1) is 12.1 Å². The van der Waals surface area contributed by atoms with Crippen molar-refractivity contribution in [2.45, 2.75) is 33.7 Å². The van der Waals surface area contributed by atoms with E-state index in [1.54, 1.807) is 0 Å². The molecule has 0 aliphatic rings. The zero-order valence-corrected chi connectivity index (χ0v) is 16.0. The van der Waals surface area contributed by atoms with E-state index in [4.69, 9.17) is 10.4 Å². The predicted octanol–water partition coefficient (Wildman–Crippen LogP) is 3.67. The summed E-state index contributed by atoms with van der Waals surface area (Å²) >= 11 is 0. The summed E-state index contributed by atoms with van der Waals surface area (Å²) in [6.07, 6.45) is -0.226. The van der Waals surface area contributed by atoms with Crippen LogP contribution in [0.2, 0.25) is 0 Å². The Morgan fingerprint density at radius 1 is 1.25 bits per heavy atom. The van der Waals surface area contributed by atoms with Gasteiger partial charge in [0, 0.05) is 25.3 Å². The molecule has 9 heteroatoms. The molecular formula is C19H21N7O2. The van der Waals surface area contributed by atoms with Gasteiger partial charge < -0.3 is 10.0 Å². The molecule has 2 aromatic rings. The highest BCUT2D eigenvalue weighted by Gasteiger charge is 2.17. The van der Waals surface area contributed by atoms with Crippen molar-refractivity contribution >= 4 is 23.3 Å². The van der Waals surface area contributed by atoms with Gasteiger partial charge in [-0.05, 0) is 44.5 Å². The van der Waals surface area contributed by atoms with E-state index >= 15 is 0 Å². The molecular weight excluding hydrogens is 358 g/mol. The maximum absolute atomic E-state index is 10.9. The van der Waals surface area contributed by atoms with Crippen LogP contribution >= 0.6 is 0 Å². The topological polar surface area (TPSA) is 131 Å². The summed E-state index contributed by atoms with van der Waals surface area (Å²) in [5.41, 5.74) is 2.50. The average molecular weight is 379 g/mol. The van der Waals surface area contributed by atoms with Crippen molar-refractivity contribution < 1.29 is 9.90 Å². The molecule has 0 aliphatic heterocycles. The molecule has 0 unspecified atom stereocenters. The van der Waals surface area contributed by atoms with E-state index in [9.17, 15) is 10.1 Å². The fourth-order valence-corrected chi connectivity index (χ4v) is 2.76. The van der Waals surface area contributed by atoms with E-state index in [0.717, 1.165) is 24.3 Å². The molecule has 0 atom stereocenters. The van der Waals surface area contributed by atoms with Gasteiger partial charge in [-0.1, -0.05) is 0 Å². The van der Waals surface area contributed by atoms with E-state index in [1.807, 2.05) is 37.3 Å². The first-order chi connectivity index (χ1) is 13.4. The van der Waals surface area contributed by atoms with Gasteiger partial charge in [-0.3, -0.25) is 9.36 Å². The van der Waals surface area contributed by atoms with Crippen molar-refractivity contribution in [3.8, 4) is 12.1 Å². The van der Waals surface area contributed by atoms with Crippen molar-refractivity contribution in [3.63, 3.8) is 0 Å². The van der Waals surface area contributed by atoms with Crippen LogP contribution in [0.3, 0.4) is 0 Å². The predicted molar refractivity (Wildman–Crippen MR) is 103 cm³/mol. The second kappa shape index (κ2) is 9.28. The number of aryl methyl sites for hydroxylation is 1. The van der Waals surface area contributed by atoms with Gasteiger partial charge in [-0.25, -0.2) is 0 Å². The first-order valence-corrected chi connectivity index (χ1v) is 8.84. The van der Waals surface area contributed by atoms with Crippen LogP contribution in [0.25, 0.3) is 0 Å². The number of nitrogens with zero attached hydrogens (tertiary/aromatic N) is 7. The third kappa shape index (κ3) is 4.51. The Balaban J connectivity index is 2.38. The molecule has 0 saturated carbocycles. The average Bonchev–Trinajstić information content (AvgIpc) is 3.03. The molecule has 0 fully saturated rings. The molecule has 28 heavy (non-hydrogen) atoms. The highest BCUT2D eigenvalue weighted by Crippen LogP contribution is 2.27. The van der Waals surface area contributed by atoms with E-state index in [-0.39, 0.29) is 30.3 Å². The molecule has 1 aromatic heterocycles. The molecule has 9 nitrogen and oxygen atoms in total. The van der Waals surface area contributed by atoms with Crippen LogP contribution in [0.5, 0.6) is 0 Å². The van der Waals surface area contributed by atoms with Crippen LogP contribution in [0.1, 0.15) is 37.2 Å². The Bertz CT molecular complexity index is 975. The monoisotopic (exact) mass is 379 g/mol. The molecule has 0 saturated heterocycles. The minimum Gasteiger partial charge on any atom is -0.481 e. The number of carbonyl (C=O) groups is 1. The van der Waals surface area contributed by atoms with Crippen LogP contribution in [0.15, 0.2) is 28.4 Å². The minimum atomic E-state index is -1.03. The fraction of sp³-hybridized carbons (Fsp3) is 0.368. The number of rotatable bonds is 8. The van der Waals surface area contributed by atoms with Gasteiger partial charge in [0.15, 0.2) is 11.4 Å². The number of carboxylic acid groups (broad SMARTS) is 1. The van der Waals surface area contributed by atoms with E-state index < -0.39 is 5.97 Å². The normalized spacial score (nSPS) is 10.6. The third-order valence-electron chi connectivity index (χ3n) is 4.26. The number of carboxylic acids is 1. The number of aromatic nitrogens is 2. The minimum absolute atomic E-state index is 0.0219. The van der Waals surface area contributed by atoms with E-state index in [2.05, 4.69) is 34.0 Å². The molecule has 1 N–H and O–H groups in total. The highest BCUT2D eigenvalue weighted by atomic mass is 16.4. The lowest BCUT2D eigenvalue weighted by molar-refractivity contribution is -0.137. The molecule has 144 valence electrons. The molecule has 0 spiro atoms. The lowest BCUT2D eigenvalue weighted by atomic mass is 10.1. The Labute approximate surface area is 163 Å². The summed E-state index contributed by atoms with van der Waals surface area (Å²) < 4.78 is 1.30. The molecule has 1 aromatic carbocycles. The Morgan fingerprint density at radius 3 is 2.50 bits per heavy atom. The first-order valence-electron chi connectivity index (χ1n) is 8.84. The molecule has 0 bridgehead atoms. The van der Waals surface area contributed by atoms with Crippen molar-refractivity contribution in [1.82, 2.24) is 9.55 Å². The number of benzene rings is 1. The van der Waals surface area contributed by atoms with Crippen LogP contribution < -0.4 is 4.90 Å². The van der Waals surface area contributed by atoms with Gasteiger partial charge >= 0.3 is 5.97 Å². The zero-order chi connectivity index (χ0) is 20.7. The fourth-order valence-electron chi connectivity index (χ4n) is 2.76. The summed E-state index contributed by atoms with van der Waals surface area (Å²) in [5.74, 6) is -0.997. The SMILES string of the molecule is CCN(CC)c1ccc(N=Nc2nc(C#N)c(C#N)n2CCC(=O)O)c(C)c1. The highest BCUT2D eigenvalue weighted by molar-refractivity contribution is 5.66. The van der Waals surface area contributed by atoms with Crippen molar-refractivity contribution in [2.24, 2.45) is 10.2 Å². The smallest absolute Gasteiger partial charge is 0.305 e. The summed E-state index contributed by atoms with van der Waals surface area (Å²) in [6.45, 7) is 7.85. The maximum Gasteiger partial charge on any atom is 0.305 e. The second-order valence-corrected chi connectivity index (χ2v) is 5.97. The summed E-state index contributed by atoms with van der Waals surface area (Å²) in [4.78, 5) is 17.1. The lowest BCUT2D eigenvalue weighted by Gasteiger charge is -2.21. The molecule has 2 rings (SSSR count). The zero-order valence-electron chi connectivity index (χ0n) is 16.0. The van der Waals surface area contributed by atoms with Crippen LogP contribution in [0.4, 0.5) is 17.3 Å². The van der Waals surface area contributed by atoms with Crippen molar-refractivity contribution in [1.29, 1.82) is 10.5 Å². The Morgan fingerprint density at radius 2 is 1.96 bits per heavy atom. The summed E-state index contributed by atoms with van der Waals surface area (Å²) in [7, 11) is 0. The number of hydrogen-bond acceptors (Lipinski definition) is 7. The van der Waals surface area contributed by atoms with Crippen molar-refractivity contribution in [3.05, 3.63) is 35.2 Å². The second-order valence-electron chi connectivity index (χ2n) is 5.97.